The molecule has 0 radical (unpaired) electrons. The molecular formula is C22H20F4. The number of benzene rings is 2. The molecule has 0 saturated heterocycles. The molecule has 136 valence electrons. The van der Waals surface area contributed by atoms with Gasteiger partial charge >= 0.3 is 0 Å². The summed E-state index contributed by atoms with van der Waals surface area (Å²) in [6.45, 7) is 1.84. The van der Waals surface area contributed by atoms with E-state index in [0.29, 0.717) is 12.0 Å². The third-order valence-corrected chi connectivity index (χ3v) is 5.05. The summed E-state index contributed by atoms with van der Waals surface area (Å²) < 4.78 is 54.4. The Balaban J connectivity index is 1.67. The second kappa shape index (κ2) is 7.95. The van der Waals surface area contributed by atoms with E-state index in [0.717, 1.165) is 37.3 Å². The van der Waals surface area contributed by atoms with Crippen LogP contribution in [0.5, 0.6) is 0 Å². The van der Waals surface area contributed by atoms with Crippen LogP contribution in [0.15, 0.2) is 30.3 Å². The topological polar surface area (TPSA) is 0 Å². The van der Waals surface area contributed by atoms with Crippen molar-refractivity contribution in [1.82, 2.24) is 0 Å². The minimum Gasteiger partial charge on any atom is -0.206 e. The Morgan fingerprint density at radius 3 is 2.08 bits per heavy atom. The first-order valence-corrected chi connectivity index (χ1v) is 8.92. The van der Waals surface area contributed by atoms with Crippen molar-refractivity contribution >= 4 is 0 Å². The Morgan fingerprint density at radius 1 is 0.846 bits per heavy atom. The molecule has 0 amide bonds. The minimum absolute atomic E-state index is 0.0567. The van der Waals surface area contributed by atoms with Gasteiger partial charge in [0.1, 0.15) is 11.6 Å². The maximum atomic E-state index is 14.0. The molecule has 1 aliphatic carbocycles. The van der Waals surface area contributed by atoms with Crippen molar-refractivity contribution in [3.05, 3.63) is 70.3 Å². The zero-order valence-corrected chi connectivity index (χ0v) is 14.6. The molecule has 1 saturated carbocycles. The first-order valence-electron chi connectivity index (χ1n) is 8.92. The Kier molecular flexibility index (Phi) is 5.66. The van der Waals surface area contributed by atoms with Crippen molar-refractivity contribution < 1.29 is 17.6 Å². The van der Waals surface area contributed by atoms with E-state index in [1.807, 2.05) is 6.92 Å². The molecule has 0 atom stereocenters. The van der Waals surface area contributed by atoms with Gasteiger partial charge in [0, 0.05) is 5.92 Å². The normalized spacial score (nSPS) is 19.7. The van der Waals surface area contributed by atoms with Crippen LogP contribution in [0.25, 0.3) is 0 Å². The van der Waals surface area contributed by atoms with Gasteiger partial charge in [-0.2, -0.15) is 0 Å². The van der Waals surface area contributed by atoms with Gasteiger partial charge in [0.2, 0.25) is 0 Å². The smallest absolute Gasteiger partial charge is 0.159 e. The molecule has 2 aromatic rings. The van der Waals surface area contributed by atoms with Crippen LogP contribution in [0.2, 0.25) is 0 Å². The number of hydrogen-bond acceptors (Lipinski definition) is 0. The fraction of sp³-hybridized carbons (Fsp3) is 0.364. The minimum atomic E-state index is -0.841. The lowest BCUT2D eigenvalue weighted by Gasteiger charge is -2.26. The summed E-state index contributed by atoms with van der Waals surface area (Å²) in [5.74, 6) is 2.96. The Labute approximate surface area is 151 Å². The molecule has 4 heteroatoms. The molecule has 1 fully saturated rings. The van der Waals surface area contributed by atoms with E-state index < -0.39 is 23.3 Å². The van der Waals surface area contributed by atoms with Gasteiger partial charge in [0.05, 0.1) is 5.56 Å². The Morgan fingerprint density at radius 2 is 1.50 bits per heavy atom. The van der Waals surface area contributed by atoms with Gasteiger partial charge in [0.25, 0.3) is 0 Å². The van der Waals surface area contributed by atoms with Crippen molar-refractivity contribution in [3.8, 4) is 11.8 Å². The molecule has 2 aromatic carbocycles. The van der Waals surface area contributed by atoms with E-state index in [1.54, 1.807) is 6.07 Å². The van der Waals surface area contributed by atoms with Crippen molar-refractivity contribution in [2.24, 2.45) is 5.92 Å². The monoisotopic (exact) mass is 360 g/mol. The maximum absolute atomic E-state index is 14.0. The van der Waals surface area contributed by atoms with Gasteiger partial charge in [-0.05, 0) is 73.4 Å². The van der Waals surface area contributed by atoms with E-state index in [-0.39, 0.29) is 17.4 Å². The van der Waals surface area contributed by atoms with Crippen LogP contribution in [0, 0.1) is 41.0 Å². The molecule has 0 aliphatic heterocycles. The van der Waals surface area contributed by atoms with Gasteiger partial charge in [-0.1, -0.05) is 24.8 Å². The highest BCUT2D eigenvalue weighted by Crippen LogP contribution is 2.36. The van der Waals surface area contributed by atoms with E-state index in [1.165, 1.54) is 18.2 Å². The summed E-state index contributed by atoms with van der Waals surface area (Å²) in [7, 11) is 0. The third kappa shape index (κ3) is 4.09. The number of aryl methyl sites for hydroxylation is 1. The molecule has 0 aromatic heterocycles. The van der Waals surface area contributed by atoms with E-state index in [9.17, 15) is 17.6 Å². The van der Waals surface area contributed by atoms with Gasteiger partial charge in [-0.25, -0.2) is 17.6 Å². The average Bonchev–Trinajstić information content (AvgIpc) is 2.63. The molecule has 0 bridgehead atoms. The van der Waals surface area contributed by atoms with Crippen LogP contribution in [0.3, 0.4) is 0 Å². The lowest BCUT2D eigenvalue weighted by molar-refractivity contribution is 0.383. The molecule has 0 spiro atoms. The SMILES string of the molecule is CCc1cc(F)c(C#CC2CCC(c3ccc(F)c(F)c3)CC2)c(F)c1. The van der Waals surface area contributed by atoms with E-state index >= 15 is 0 Å². The van der Waals surface area contributed by atoms with Gasteiger partial charge < -0.3 is 0 Å². The standard InChI is InChI=1S/C22H20F4/c1-2-14-11-20(24)18(21(25)12-14)9-5-15-3-6-16(7-4-15)17-8-10-19(23)22(26)13-17/h8,10-13,15-16H,2-4,6-7H2,1H3. The lowest BCUT2D eigenvalue weighted by atomic mass is 9.79. The largest absolute Gasteiger partial charge is 0.206 e. The number of hydrogen-bond donors (Lipinski definition) is 0. The van der Waals surface area contributed by atoms with Crippen LogP contribution < -0.4 is 0 Å². The summed E-state index contributed by atoms with van der Waals surface area (Å²) in [5.41, 5.74) is 1.23. The molecule has 0 nitrogen and oxygen atoms in total. The van der Waals surface area contributed by atoms with Crippen LogP contribution in [-0.4, -0.2) is 0 Å². The molecule has 1 aliphatic rings. The highest BCUT2D eigenvalue weighted by molar-refractivity contribution is 5.39. The molecule has 0 heterocycles. The summed E-state index contributed by atoms with van der Waals surface area (Å²) in [6, 6.07) is 6.68. The lowest BCUT2D eigenvalue weighted by Crippen LogP contribution is -2.12. The van der Waals surface area contributed by atoms with Crippen molar-refractivity contribution in [2.45, 2.75) is 44.9 Å². The van der Waals surface area contributed by atoms with Crippen LogP contribution in [0.1, 0.15) is 55.2 Å². The van der Waals surface area contributed by atoms with E-state index in [4.69, 9.17) is 0 Å². The molecular weight excluding hydrogens is 340 g/mol. The van der Waals surface area contributed by atoms with Crippen LogP contribution >= 0.6 is 0 Å². The van der Waals surface area contributed by atoms with Crippen LogP contribution in [-0.2, 0) is 6.42 Å². The number of rotatable bonds is 2. The fourth-order valence-corrected chi connectivity index (χ4v) is 3.46. The third-order valence-electron chi connectivity index (χ3n) is 5.05. The van der Waals surface area contributed by atoms with Gasteiger partial charge in [-0.3, -0.25) is 0 Å². The van der Waals surface area contributed by atoms with Crippen molar-refractivity contribution in [2.75, 3.05) is 0 Å². The summed E-state index contributed by atoms with van der Waals surface area (Å²) >= 11 is 0. The van der Waals surface area contributed by atoms with E-state index in [2.05, 4.69) is 11.8 Å². The maximum Gasteiger partial charge on any atom is 0.159 e. The quantitative estimate of drug-likeness (QED) is 0.446. The predicted molar refractivity (Wildman–Crippen MR) is 93.7 cm³/mol. The second-order valence-corrected chi connectivity index (χ2v) is 6.78. The van der Waals surface area contributed by atoms with Gasteiger partial charge in [-0.15, -0.1) is 0 Å². The summed E-state index contributed by atoms with van der Waals surface area (Å²) in [6.07, 6.45) is 3.70. The van der Waals surface area contributed by atoms with Gasteiger partial charge in [0.15, 0.2) is 11.6 Å². The molecule has 26 heavy (non-hydrogen) atoms. The highest BCUT2D eigenvalue weighted by atomic mass is 19.2. The Bertz CT molecular complexity index is 829. The summed E-state index contributed by atoms with van der Waals surface area (Å²) in [4.78, 5) is 0. The number of halogens is 4. The first-order chi connectivity index (χ1) is 12.5. The van der Waals surface area contributed by atoms with Crippen molar-refractivity contribution in [3.63, 3.8) is 0 Å². The zero-order valence-electron chi connectivity index (χ0n) is 14.6. The highest BCUT2D eigenvalue weighted by Gasteiger charge is 2.22. The Hall–Kier alpha value is -2.28. The average molecular weight is 360 g/mol. The zero-order chi connectivity index (χ0) is 18.7. The fourth-order valence-electron chi connectivity index (χ4n) is 3.46. The second-order valence-electron chi connectivity index (χ2n) is 6.78. The van der Waals surface area contributed by atoms with Crippen molar-refractivity contribution in [1.29, 1.82) is 0 Å². The first kappa shape index (κ1) is 18.5. The molecule has 0 N–H and O–H groups in total. The molecule has 0 unspecified atom stereocenters. The predicted octanol–water partition coefficient (Wildman–Crippen LogP) is 6.13. The summed E-state index contributed by atoms with van der Waals surface area (Å²) in [5, 5.41) is 0. The molecule has 3 rings (SSSR count). The van der Waals surface area contributed by atoms with Crippen LogP contribution in [0.4, 0.5) is 17.6 Å².